The number of hydrogen-bond donors (Lipinski definition) is 2. The summed E-state index contributed by atoms with van der Waals surface area (Å²) in [6.45, 7) is 5.83. The molecule has 1 fully saturated rings. The van der Waals surface area contributed by atoms with E-state index in [-0.39, 0.29) is 13.2 Å². The van der Waals surface area contributed by atoms with Gasteiger partial charge in [-0.1, -0.05) is 0 Å². The molecular weight excluding hydrogens is 412 g/mol. The largest absolute Gasteiger partial charge is 0.487 e. The Bertz CT molecular complexity index is 827. The Balaban J connectivity index is 1.56. The number of ether oxygens (including phenoxy) is 4. The molecule has 2 aromatic rings. The average Bonchev–Trinajstić information content (AvgIpc) is 3.04. The summed E-state index contributed by atoms with van der Waals surface area (Å²) in [7, 11) is 1.84. The Morgan fingerprint density at radius 1 is 0.903 bits per heavy atom. The summed E-state index contributed by atoms with van der Waals surface area (Å²) >= 11 is 0. The molecule has 174 valence electrons. The van der Waals surface area contributed by atoms with E-state index in [1.54, 1.807) is 0 Å². The molecule has 8 nitrogen and oxygen atoms in total. The topological polar surface area (TPSA) is 77.4 Å². The highest BCUT2D eigenvalue weighted by molar-refractivity contribution is 5.94. The molecule has 1 aliphatic rings. The SMILES string of the molecule is Cn1c(N2CCNCC2)c(OCCOCCOCCOCCO)c2cc(F)c(F)cc21. The number of halogens is 2. The first-order chi connectivity index (χ1) is 15.1. The Hall–Kier alpha value is -1.98. The van der Waals surface area contributed by atoms with E-state index < -0.39 is 11.6 Å². The van der Waals surface area contributed by atoms with E-state index in [9.17, 15) is 8.78 Å². The van der Waals surface area contributed by atoms with Crippen LogP contribution in [0.3, 0.4) is 0 Å². The third-order valence-corrected chi connectivity index (χ3v) is 5.04. The first-order valence-corrected chi connectivity index (χ1v) is 10.5. The van der Waals surface area contributed by atoms with Crippen LogP contribution < -0.4 is 15.0 Å². The number of nitrogens with zero attached hydrogens (tertiary/aromatic N) is 2. The van der Waals surface area contributed by atoms with Crippen LogP contribution in [0.1, 0.15) is 0 Å². The van der Waals surface area contributed by atoms with Gasteiger partial charge in [-0.3, -0.25) is 0 Å². The Labute approximate surface area is 180 Å². The maximum Gasteiger partial charge on any atom is 0.169 e. The van der Waals surface area contributed by atoms with Gasteiger partial charge in [-0.15, -0.1) is 0 Å². The second-order valence-electron chi connectivity index (χ2n) is 7.14. The number of fused-ring (bicyclic) bond motifs is 1. The number of aromatic nitrogens is 1. The molecule has 0 spiro atoms. The van der Waals surface area contributed by atoms with E-state index in [0.717, 1.165) is 32.0 Å². The first kappa shape index (κ1) is 23.7. The third-order valence-electron chi connectivity index (χ3n) is 5.04. The Kier molecular flexibility index (Phi) is 9.29. The van der Waals surface area contributed by atoms with Crippen molar-refractivity contribution in [3.8, 4) is 5.75 Å². The van der Waals surface area contributed by atoms with Gasteiger partial charge >= 0.3 is 0 Å². The summed E-state index contributed by atoms with van der Waals surface area (Å²) < 4.78 is 51.7. The highest BCUT2D eigenvalue weighted by Gasteiger charge is 2.24. The second kappa shape index (κ2) is 12.2. The van der Waals surface area contributed by atoms with Gasteiger partial charge < -0.3 is 38.8 Å². The fourth-order valence-corrected chi connectivity index (χ4v) is 3.57. The summed E-state index contributed by atoms with van der Waals surface area (Å²) in [6.07, 6.45) is 0. The minimum atomic E-state index is -0.897. The minimum Gasteiger partial charge on any atom is -0.487 e. The van der Waals surface area contributed by atoms with Crippen molar-refractivity contribution in [2.45, 2.75) is 0 Å². The van der Waals surface area contributed by atoms with Crippen molar-refractivity contribution in [2.75, 3.05) is 83.9 Å². The number of aryl methyl sites for hydroxylation is 1. The molecule has 0 unspecified atom stereocenters. The highest BCUT2D eigenvalue weighted by atomic mass is 19.2. The third kappa shape index (κ3) is 6.27. The van der Waals surface area contributed by atoms with Gasteiger partial charge in [0.05, 0.1) is 51.8 Å². The van der Waals surface area contributed by atoms with E-state index in [1.807, 2.05) is 11.6 Å². The zero-order chi connectivity index (χ0) is 22.1. The molecule has 1 saturated heterocycles. The molecule has 2 heterocycles. The van der Waals surface area contributed by atoms with Gasteiger partial charge in [0.15, 0.2) is 23.2 Å². The molecule has 0 radical (unpaired) electrons. The predicted octanol–water partition coefficient (Wildman–Crippen LogP) is 1.29. The van der Waals surface area contributed by atoms with Crippen LogP contribution in [0.4, 0.5) is 14.6 Å². The van der Waals surface area contributed by atoms with Crippen molar-refractivity contribution in [3.05, 3.63) is 23.8 Å². The van der Waals surface area contributed by atoms with Crippen molar-refractivity contribution >= 4 is 16.7 Å². The van der Waals surface area contributed by atoms with Crippen LogP contribution in [0, 0.1) is 11.6 Å². The first-order valence-electron chi connectivity index (χ1n) is 10.5. The zero-order valence-electron chi connectivity index (χ0n) is 17.9. The number of benzene rings is 1. The van der Waals surface area contributed by atoms with E-state index in [1.165, 1.54) is 12.1 Å². The van der Waals surface area contributed by atoms with Crippen molar-refractivity contribution in [1.82, 2.24) is 9.88 Å². The van der Waals surface area contributed by atoms with Crippen LogP contribution in [0.5, 0.6) is 5.75 Å². The molecule has 31 heavy (non-hydrogen) atoms. The second-order valence-corrected chi connectivity index (χ2v) is 7.14. The lowest BCUT2D eigenvalue weighted by Gasteiger charge is -2.30. The molecular formula is C21H31F2N3O5. The van der Waals surface area contributed by atoms with Crippen LogP contribution in [-0.4, -0.2) is 88.7 Å². The number of aliphatic hydroxyl groups is 1. The molecule has 0 aliphatic carbocycles. The van der Waals surface area contributed by atoms with Crippen LogP contribution in [0.15, 0.2) is 12.1 Å². The molecule has 2 N–H and O–H groups in total. The summed E-state index contributed by atoms with van der Waals surface area (Å²) in [6, 6.07) is 2.40. The molecule has 0 atom stereocenters. The summed E-state index contributed by atoms with van der Waals surface area (Å²) in [4.78, 5) is 2.16. The predicted molar refractivity (Wildman–Crippen MR) is 113 cm³/mol. The van der Waals surface area contributed by atoms with Gasteiger partial charge in [-0.05, 0) is 6.07 Å². The molecule has 0 saturated carbocycles. The summed E-state index contributed by atoms with van der Waals surface area (Å²) in [5.41, 5.74) is 0.583. The van der Waals surface area contributed by atoms with Gasteiger partial charge in [0.25, 0.3) is 0 Å². The normalized spacial score (nSPS) is 14.5. The molecule has 0 amide bonds. The van der Waals surface area contributed by atoms with E-state index in [0.29, 0.717) is 56.3 Å². The van der Waals surface area contributed by atoms with Gasteiger partial charge in [-0.25, -0.2) is 8.78 Å². The van der Waals surface area contributed by atoms with Gasteiger partial charge in [0.2, 0.25) is 0 Å². The van der Waals surface area contributed by atoms with Gasteiger partial charge in [0.1, 0.15) is 6.61 Å². The summed E-state index contributed by atoms with van der Waals surface area (Å²) in [5.74, 6) is -0.422. The smallest absolute Gasteiger partial charge is 0.169 e. The Morgan fingerprint density at radius 2 is 1.48 bits per heavy atom. The van der Waals surface area contributed by atoms with Crippen LogP contribution in [0.25, 0.3) is 10.9 Å². The van der Waals surface area contributed by atoms with E-state index >= 15 is 0 Å². The quantitative estimate of drug-likeness (QED) is 0.452. The summed E-state index contributed by atoms with van der Waals surface area (Å²) in [5, 5.41) is 12.5. The number of hydrogen-bond acceptors (Lipinski definition) is 7. The number of rotatable bonds is 13. The molecule has 10 heteroatoms. The van der Waals surface area contributed by atoms with E-state index in [4.69, 9.17) is 24.1 Å². The maximum atomic E-state index is 13.9. The lowest BCUT2D eigenvalue weighted by molar-refractivity contribution is 0.00368. The van der Waals surface area contributed by atoms with Crippen molar-refractivity contribution in [1.29, 1.82) is 0 Å². The van der Waals surface area contributed by atoms with Crippen molar-refractivity contribution in [2.24, 2.45) is 7.05 Å². The number of nitrogens with one attached hydrogen (secondary N) is 1. The Morgan fingerprint density at radius 3 is 2.13 bits per heavy atom. The van der Waals surface area contributed by atoms with E-state index in [2.05, 4.69) is 10.2 Å². The van der Waals surface area contributed by atoms with Crippen LogP contribution in [-0.2, 0) is 21.3 Å². The lowest BCUT2D eigenvalue weighted by atomic mass is 10.2. The molecule has 3 rings (SSSR count). The lowest BCUT2D eigenvalue weighted by Crippen LogP contribution is -2.44. The molecule has 1 aromatic carbocycles. The standard InChI is InChI=1S/C21H31F2N3O5/c1-25-19-15-18(23)17(22)14-16(19)20(21(25)26-4-2-24-3-5-26)31-13-12-30-11-10-29-9-8-28-7-6-27/h14-15,24,27H,2-13H2,1H3. The fraction of sp³-hybridized carbons (Fsp3) is 0.619. The highest BCUT2D eigenvalue weighted by Crippen LogP contribution is 2.40. The average molecular weight is 443 g/mol. The van der Waals surface area contributed by atoms with Crippen molar-refractivity contribution < 1.29 is 32.8 Å². The molecule has 1 aliphatic heterocycles. The number of piperazine rings is 1. The number of anilines is 1. The monoisotopic (exact) mass is 443 g/mol. The minimum absolute atomic E-state index is 0.00223. The van der Waals surface area contributed by atoms with Gasteiger partial charge in [0, 0.05) is 44.7 Å². The fourth-order valence-electron chi connectivity index (χ4n) is 3.57. The van der Waals surface area contributed by atoms with Crippen LogP contribution in [0.2, 0.25) is 0 Å². The zero-order valence-corrected chi connectivity index (χ0v) is 17.9. The van der Waals surface area contributed by atoms with Crippen molar-refractivity contribution in [3.63, 3.8) is 0 Å². The molecule has 0 bridgehead atoms. The maximum absolute atomic E-state index is 13.9. The van der Waals surface area contributed by atoms with Crippen LogP contribution >= 0.6 is 0 Å². The number of aliphatic hydroxyl groups excluding tert-OH is 1. The van der Waals surface area contributed by atoms with Gasteiger partial charge in [-0.2, -0.15) is 0 Å². The molecule has 1 aromatic heterocycles.